The summed E-state index contributed by atoms with van der Waals surface area (Å²) < 4.78 is 6.20. The highest BCUT2D eigenvalue weighted by Crippen LogP contribution is 2.61. The number of nitrogens with zero attached hydrogens (tertiary/aromatic N) is 1. The summed E-state index contributed by atoms with van der Waals surface area (Å²) >= 11 is 0. The first kappa shape index (κ1) is 12.9. The van der Waals surface area contributed by atoms with Crippen molar-refractivity contribution in [3.05, 3.63) is 11.8 Å². The first-order valence-electron chi connectivity index (χ1n) is 8.69. The minimum atomic E-state index is 0.342. The highest BCUT2D eigenvalue weighted by molar-refractivity contribution is 5.85. The van der Waals surface area contributed by atoms with Gasteiger partial charge in [-0.25, -0.2) is 4.99 Å². The second kappa shape index (κ2) is 4.89. The van der Waals surface area contributed by atoms with Gasteiger partial charge in [-0.2, -0.15) is 0 Å². The fourth-order valence-corrected chi connectivity index (χ4v) is 5.56. The lowest BCUT2D eigenvalue weighted by atomic mass is 9.49. The van der Waals surface area contributed by atoms with Crippen LogP contribution in [0, 0.1) is 23.2 Å². The molecular formula is C18H27NO. The lowest BCUT2D eigenvalue weighted by Gasteiger charge is -2.55. The third kappa shape index (κ3) is 2.12. The van der Waals surface area contributed by atoms with Gasteiger partial charge < -0.3 is 4.74 Å². The summed E-state index contributed by atoms with van der Waals surface area (Å²) in [6.45, 7) is 3.05. The van der Waals surface area contributed by atoms with E-state index in [4.69, 9.17) is 9.73 Å². The van der Waals surface area contributed by atoms with Gasteiger partial charge in [0, 0.05) is 5.41 Å². The van der Waals surface area contributed by atoms with Gasteiger partial charge in [-0.3, -0.25) is 0 Å². The molecule has 0 saturated heterocycles. The predicted molar refractivity (Wildman–Crippen MR) is 81.6 cm³/mol. The Labute approximate surface area is 122 Å². The van der Waals surface area contributed by atoms with Gasteiger partial charge in [-0.1, -0.05) is 13.3 Å². The normalized spacial score (nSPS) is 44.0. The van der Waals surface area contributed by atoms with Crippen molar-refractivity contribution in [3.8, 4) is 0 Å². The van der Waals surface area contributed by atoms with Crippen LogP contribution < -0.4 is 0 Å². The molecule has 2 nitrogen and oxygen atoms in total. The molecule has 0 amide bonds. The average Bonchev–Trinajstić information content (AvgIpc) is 2.87. The van der Waals surface area contributed by atoms with Crippen LogP contribution in [0.4, 0.5) is 0 Å². The van der Waals surface area contributed by atoms with E-state index in [1.54, 1.807) is 0 Å². The van der Waals surface area contributed by atoms with Gasteiger partial charge in [0.25, 0.3) is 0 Å². The third-order valence-corrected chi connectivity index (χ3v) is 6.03. The first-order chi connectivity index (χ1) is 9.77. The van der Waals surface area contributed by atoms with Crippen LogP contribution in [0.2, 0.25) is 0 Å². The molecule has 5 rings (SSSR count). The molecule has 1 aliphatic heterocycles. The Kier molecular flexibility index (Phi) is 3.16. The van der Waals surface area contributed by atoms with E-state index in [2.05, 4.69) is 13.0 Å². The molecule has 4 saturated carbocycles. The van der Waals surface area contributed by atoms with Crippen LogP contribution in [0.25, 0.3) is 0 Å². The lowest BCUT2D eigenvalue weighted by molar-refractivity contribution is -0.0209. The number of hydrogen-bond donors (Lipinski definition) is 0. The van der Waals surface area contributed by atoms with E-state index in [0.29, 0.717) is 5.41 Å². The maximum absolute atomic E-state index is 6.20. The highest BCUT2D eigenvalue weighted by atomic mass is 16.5. The number of ether oxygens (including phenoxy) is 1. The summed E-state index contributed by atoms with van der Waals surface area (Å²) in [5.74, 6) is 5.17. The SMILES string of the molecule is CCCC/C=C1/CN=C(C23CC4CC(CC(C4)C2)C3)O1. The van der Waals surface area contributed by atoms with Crippen LogP contribution >= 0.6 is 0 Å². The van der Waals surface area contributed by atoms with Crippen LogP contribution in [0.5, 0.6) is 0 Å². The second-order valence-electron chi connectivity index (χ2n) is 7.73. The minimum Gasteiger partial charge on any atom is -0.445 e. The molecule has 4 aliphatic carbocycles. The standard InChI is InChI=1S/C18H27NO/c1-2-3-4-5-16-12-19-17(20-16)18-9-13-6-14(10-18)8-15(7-13)11-18/h5,13-15H,2-4,6-12H2,1H3/b16-5-. The molecule has 0 aromatic rings. The third-order valence-electron chi connectivity index (χ3n) is 6.03. The first-order valence-corrected chi connectivity index (χ1v) is 8.69. The lowest BCUT2D eigenvalue weighted by Crippen LogP contribution is -2.50. The fourth-order valence-electron chi connectivity index (χ4n) is 5.56. The van der Waals surface area contributed by atoms with Gasteiger partial charge in [-0.15, -0.1) is 0 Å². The van der Waals surface area contributed by atoms with E-state index in [0.717, 1.165) is 42.4 Å². The largest absolute Gasteiger partial charge is 0.445 e. The minimum absolute atomic E-state index is 0.342. The Morgan fingerprint density at radius 3 is 2.40 bits per heavy atom. The molecule has 110 valence electrons. The molecule has 2 heteroatoms. The monoisotopic (exact) mass is 273 g/mol. The van der Waals surface area contributed by atoms with Gasteiger partial charge in [0.05, 0.1) is 0 Å². The molecule has 0 spiro atoms. The Morgan fingerprint density at radius 2 is 1.80 bits per heavy atom. The summed E-state index contributed by atoms with van der Waals surface area (Å²) in [6, 6.07) is 0. The van der Waals surface area contributed by atoms with Crippen molar-refractivity contribution in [1.29, 1.82) is 0 Å². The van der Waals surface area contributed by atoms with E-state index in [1.165, 1.54) is 51.4 Å². The van der Waals surface area contributed by atoms with Crippen molar-refractivity contribution in [2.75, 3.05) is 6.54 Å². The number of hydrogen-bond acceptors (Lipinski definition) is 2. The van der Waals surface area contributed by atoms with E-state index in [-0.39, 0.29) is 0 Å². The topological polar surface area (TPSA) is 21.6 Å². The molecule has 5 aliphatic rings. The zero-order valence-electron chi connectivity index (χ0n) is 12.7. The molecule has 4 bridgehead atoms. The molecule has 1 heterocycles. The van der Waals surface area contributed by atoms with E-state index in [1.807, 2.05) is 0 Å². The Hall–Kier alpha value is -0.790. The Bertz CT molecular complexity index is 413. The molecule has 0 unspecified atom stereocenters. The molecule has 20 heavy (non-hydrogen) atoms. The summed E-state index contributed by atoms with van der Waals surface area (Å²) in [5, 5.41) is 0. The van der Waals surface area contributed by atoms with Gasteiger partial charge in [0.2, 0.25) is 0 Å². The Balaban J connectivity index is 1.47. The summed E-state index contributed by atoms with van der Waals surface area (Å²) in [7, 11) is 0. The van der Waals surface area contributed by atoms with Crippen LogP contribution in [0.3, 0.4) is 0 Å². The van der Waals surface area contributed by atoms with Gasteiger partial charge >= 0.3 is 0 Å². The van der Waals surface area contributed by atoms with Gasteiger partial charge in [-0.05, 0) is 75.2 Å². The second-order valence-corrected chi connectivity index (χ2v) is 7.73. The van der Waals surface area contributed by atoms with Crippen molar-refractivity contribution in [2.45, 2.75) is 64.7 Å². The smallest absolute Gasteiger partial charge is 0.196 e. The number of unbranched alkanes of at least 4 members (excludes halogenated alkanes) is 2. The highest BCUT2D eigenvalue weighted by Gasteiger charge is 2.55. The van der Waals surface area contributed by atoms with E-state index in [9.17, 15) is 0 Å². The van der Waals surface area contributed by atoms with Crippen molar-refractivity contribution >= 4 is 5.90 Å². The molecule has 0 aromatic carbocycles. The molecule has 4 fully saturated rings. The van der Waals surface area contributed by atoms with Crippen LogP contribution in [0.1, 0.15) is 64.7 Å². The maximum Gasteiger partial charge on any atom is 0.196 e. The molecule has 0 radical (unpaired) electrons. The Morgan fingerprint density at radius 1 is 1.15 bits per heavy atom. The molecular weight excluding hydrogens is 246 g/mol. The zero-order valence-corrected chi connectivity index (χ0v) is 12.7. The van der Waals surface area contributed by atoms with Crippen molar-refractivity contribution in [3.63, 3.8) is 0 Å². The summed E-state index contributed by atoms with van der Waals surface area (Å²) in [6.07, 6.45) is 14.5. The molecule has 0 atom stereocenters. The number of aliphatic imine (C=N–C) groups is 1. The van der Waals surface area contributed by atoms with E-state index < -0.39 is 0 Å². The van der Waals surface area contributed by atoms with Crippen molar-refractivity contribution in [2.24, 2.45) is 28.2 Å². The molecule has 0 aromatic heterocycles. The van der Waals surface area contributed by atoms with E-state index >= 15 is 0 Å². The predicted octanol–water partition coefficient (Wildman–Crippen LogP) is 4.71. The number of allylic oxidation sites excluding steroid dienone is 1. The molecule has 0 N–H and O–H groups in total. The zero-order chi connectivity index (χ0) is 13.6. The number of rotatable bonds is 4. The fraction of sp³-hybridized carbons (Fsp3) is 0.833. The van der Waals surface area contributed by atoms with Crippen LogP contribution in [-0.4, -0.2) is 12.4 Å². The van der Waals surface area contributed by atoms with Crippen LogP contribution in [-0.2, 0) is 4.74 Å². The van der Waals surface area contributed by atoms with Crippen LogP contribution in [0.15, 0.2) is 16.8 Å². The van der Waals surface area contributed by atoms with Crippen molar-refractivity contribution < 1.29 is 4.74 Å². The maximum atomic E-state index is 6.20. The average molecular weight is 273 g/mol. The van der Waals surface area contributed by atoms with Crippen molar-refractivity contribution in [1.82, 2.24) is 0 Å². The van der Waals surface area contributed by atoms with Gasteiger partial charge in [0.15, 0.2) is 5.90 Å². The summed E-state index contributed by atoms with van der Waals surface area (Å²) in [4.78, 5) is 4.81. The quantitative estimate of drug-likeness (QED) is 0.680. The van der Waals surface area contributed by atoms with Gasteiger partial charge in [0.1, 0.15) is 12.3 Å². The summed E-state index contributed by atoms with van der Waals surface area (Å²) in [5.41, 5.74) is 0.342.